The fraction of sp³-hybridized carbons (Fsp3) is 0. The molecule has 0 saturated heterocycles. The molecule has 3 heteroatoms. The van der Waals surface area contributed by atoms with E-state index in [9.17, 15) is 0 Å². The van der Waals surface area contributed by atoms with Gasteiger partial charge < -0.3 is 5.11 Å². The van der Waals surface area contributed by atoms with Crippen molar-refractivity contribution in [3.05, 3.63) is 30.3 Å². The maximum atomic E-state index is 8.63. The van der Waals surface area contributed by atoms with Gasteiger partial charge in [0.2, 0.25) is 0 Å². The van der Waals surface area contributed by atoms with Crippen LogP contribution < -0.4 is 0 Å². The third-order valence-corrected chi connectivity index (χ3v) is 0.756. The summed E-state index contributed by atoms with van der Waals surface area (Å²) in [6.45, 7) is 0. The number of hydrogen-bond acceptors (Lipinski definition) is 3. The molecule has 2 nitrogen and oxygen atoms in total. The first-order chi connectivity index (χ1) is 4.81. The van der Waals surface area contributed by atoms with E-state index in [0.717, 1.165) is 0 Å². The summed E-state index contributed by atoms with van der Waals surface area (Å²) >= 11 is 3.09. The maximum Gasteiger partial charge on any atom is 0.130 e. The van der Waals surface area contributed by atoms with Crippen LogP contribution >= 0.6 is 12.6 Å². The second-order valence-electron chi connectivity index (χ2n) is 1.44. The summed E-state index contributed by atoms with van der Waals surface area (Å²) in [5.41, 5.74) is 0. The highest BCUT2D eigenvalue weighted by Gasteiger charge is 1.74. The number of para-hydroxylation sites is 1. The van der Waals surface area contributed by atoms with Crippen molar-refractivity contribution >= 4 is 12.6 Å². The van der Waals surface area contributed by atoms with Crippen LogP contribution in [0.5, 0.6) is 5.75 Å². The molecule has 0 unspecified atom stereocenters. The van der Waals surface area contributed by atoms with Gasteiger partial charge in [0.1, 0.15) is 11.2 Å². The van der Waals surface area contributed by atoms with Crippen LogP contribution in [0.15, 0.2) is 30.3 Å². The van der Waals surface area contributed by atoms with E-state index in [2.05, 4.69) is 12.6 Å². The zero-order valence-corrected chi connectivity index (χ0v) is 6.12. The van der Waals surface area contributed by atoms with E-state index in [4.69, 9.17) is 10.4 Å². The zero-order chi connectivity index (χ0) is 7.82. The van der Waals surface area contributed by atoms with Gasteiger partial charge in [0.05, 0.1) is 0 Å². The minimum atomic E-state index is 0.322. The van der Waals surface area contributed by atoms with Crippen molar-refractivity contribution in [3.63, 3.8) is 0 Å². The van der Waals surface area contributed by atoms with Gasteiger partial charge in [-0.2, -0.15) is 5.26 Å². The number of hydrogen-bond donors (Lipinski definition) is 2. The molecule has 10 heavy (non-hydrogen) atoms. The van der Waals surface area contributed by atoms with Crippen LogP contribution in [0.2, 0.25) is 0 Å². The molecule has 0 aromatic heterocycles. The molecule has 1 aromatic rings. The molecule has 0 aliphatic rings. The number of phenolic OH excluding ortho intramolecular Hbond substituents is 1. The van der Waals surface area contributed by atoms with Crippen LogP contribution in [0.25, 0.3) is 0 Å². The Labute approximate surface area is 65.1 Å². The number of rotatable bonds is 0. The Hall–Kier alpha value is -1.14. The number of thiocyanates is 1. The highest BCUT2D eigenvalue weighted by atomic mass is 32.1. The molecule has 0 spiro atoms. The van der Waals surface area contributed by atoms with Crippen LogP contribution in [0.3, 0.4) is 0 Å². The molecule has 0 atom stereocenters. The van der Waals surface area contributed by atoms with Crippen LogP contribution in [0.4, 0.5) is 0 Å². The first-order valence-corrected chi connectivity index (χ1v) is 3.03. The lowest BCUT2D eigenvalue weighted by molar-refractivity contribution is 0.475. The smallest absolute Gasteiger partial charge is 0.130 e. The quantitative estimate of drug-likeness (QED) is 0.441. The molecule has 0 fully saturated rings. The Bertz CT molecular complexity index is 205. The van der Waals surface area contributed by atoms with E-state index >= 15 is 0 Å². The number of thiol groups is 1. The monoisotopic (exact) mass is 153 g/mol. The lowest BCUT2D eigenvalue weighted by Gasteiger charge is -1.82. The Morgan fingerprint density at radius 3 is 1.90 bits per heavy atom. The molecule has 0 aliphatic heterocycles. The van der Waals surface area contributed by atoms with E-state index in [1.54, 1.807) is 24.3 Å². The average molecular weight is 153 g/mol. The predicted octanol–water partition coefficient (Wildman–Crippen LogP) is 1.79. The molecule has 0 aliphatic carbocycles. The highest BCUT2D eigenvalue weighted by molar-refractivity contribution is 7.85. The van der Waals surface area contributed by atoms with E-state index in [1.165, 1.54) is 5.40 Å². The van der Waals surface area contributed by atoms with E-state index in [1.807, 2.05) is 6.07 Å². The van der Waals surface area contributed by atoms with Crippen molar-refractivity contribution in [1.82, 2.24) is 0 Å². The Balaban J connectivity index is 0.000000236. The highest BCUT2D eigenvalue weighted by Crippen LogP contribution is 2.02. The summed E-state index contributed by atoms with van der Waals surface area (Å²) < 4.78 is 0. The summed E-state index contributed by atoms with van der Waals surface area (Å²) in [6.07, 6.45) is 0. The first kappa shape index (κ1) is 8.86. The maximum absolute atomic E-state index is 8.63. The molecular formula is C7H7NOS. The SMILES string of the molecule is N#CS.Oc1ccccc1. The fourth-order valence-electron chi connectivity index (χ4n) is 0.428. The third-order valence-electron chi connectivity index (χ3n) is 0.756. The van der Waals surface area contributed by atoms with Crippen molar-refractivity contribution in [3.8, 4) is 11.2 Å². The Morgan fingerprint density at radius 1 is 1.30 bits per heavy atom. The molecule has 0 bridgehead atoms. The summed E-state index contributed by atoms with van der Waals surface area (Å²) in [7, 11) is 0. The van der Waals surface area contributed by atoms with Gasteiger partial charge in [-0.1, -0.05) is 30.8 Å². The van der Waals surface area contributed by atoms with Gasteiger partial charge in [-0.25, -0.2) is 0 Å². The van der Waals surface area contributed by atoms with E-state index in [-0.39, 0.29) is 0 Å². The number of phenols is 1. The minimum Gasteiger partial charge on any atom is -0.508 e. The van der Waals surface area contributed by atoms with Crippen molar-refractivity contribution in [2.24, 2.45) is 0 Å². The first-order valence-electron chi connectivity index (χ1n) is 2.58. The van der Waals surface area contributed by atoms with Gasteiger partial charge >= 0.3 is 0 Å². The Kier molecular flexibility index (Phi) is 5.30. The topological polar surface area (TPSA) is 44.0 Å². The summed E-state index contributed by atoms with van der Waals surface area (Å²) in [4.78, 5) is 0. The molecule has 1 rings (SSSR count). The molecule has 1 N–H and O–H groups in total. The van der Waals surface area contributed by atoms with Crippen molar-refractivity contribution < 1.29 is 5.11 Å². The number of benzene rings is 1. The summed E-state index contributed by atoms with van der Waals surface area (Å²) in [5.74, 6) is 0.322. The fourth-order valence-corrected chi connectivity index (χ4v) is 0.428. The molecule has 0 saturated carbocycles. The van der Waals surface area contributed by atoms with Crippen molar-refractivity contribution in [2.45, 2.75) is 0 Å². The second kappa shape index (κ2) is 5.99. The van der Waals surface area contributed by atoms with Crippen LogP contribution in [0.1, 0.15) is 0 Å². The third kappa shape index (κ3) is 5.01. The normalized spacial score (nSPS) is 6.80. The minimum absolute atomic E-state index is 0.322. The molecular weight excluding hydrogens is 146 g/mol. The number of nitrogens with zero attached hydrogens (tertiary/aromatic N) is 1. The van der Waals surface area contributed by atoms with Crippen molar-refractivity contribution in [2.75, 3.05) is 0 Å². The molecule has 0 heterocycles. The van der Waals surface area contributed by atoms with Gasteiger partial charge in [0, 0.05) is 0 Å². The average Bonchev–Trinajstić information content (AvgIpc) is 1.91. The summed E-state index contributed by atoms with van der Waals surface area (Å²) in [6, 6.07) is 8.71. The zero-order valence-electron chi connectivity index (χ0n) is 5.23. The second-order valence-corrected chi connectivity index (χ2v) is 1.64. The standard InChI is InChI=1S/C6H6O.CHNS/c7-6-4-2-1-3-5-6;2-1-3/h1-5,7H;3H. The van der Waals surface area contributed by atoms with Gasteiger partial charge in [-0.05, 0) is 12.1 Å². The lowest BCUT2D eigenvalue weighted by atomic mass is 10.3. The van der Waals surface area contributed by atoms with Gasteiger partial charge in [0.15, 0.2) is 0 Å². The molecule has 1 aromatic carbocycles. The summed E-state index contributed by atoms with van der Waals surface area (Å²) in [5, 5.41) is 17.3. The number of nitriles is 1. The number of aromatic hydroxyl groups is 1. The molecule has 0 radical (unpaired) electrons. The van der Waals surface area contributed by atoms with Gasteiger partial charge in [0.25, 0.3) is 0 Å². The largest absolute Gasteiger partial charge is 0.508 e. The molecule has 52 valence electrons. The lowest BCUT2D eigenvalue weighted by Crippen LogP contribution is -1.56. The van der Waals surface area contributed by atoms with Crippen molar-refractivity contribution in [1.29, 1.82) is 5.26 Å². The predicted molar refractivity (Wildman–Crippen MR) is 42.7 cm³/mol. The Morgan fingerprint density at radius 2 is 1.70 bits per heavy atom. The van der Waals surface area contributed by atoms with Gasteiger partial charge in [-0.3, -0.25) is 0 Å². The van der Waals surface area contributed by atoms with Crippen LogP contribution in [0, 0.1) is 10.7 Å². The van der Waals surface area contributed by atoms with Crippen LogP contribution in [-0.2, 0) is 0 Å². The van der Waals surface area contributed by atoms with Gasteiger partial charge in [-0.15, -0.1) is 0 Å². The van der Waals surface area contributed by atoms with E-state index in [0.29, 0.717) is 5.75 Å². The molecule has 0 amide bonds. The van der Waals surface area contributed by atoms with Crippen LogP contribution in [-0.4, -0.2) is 5.11 Å². The van der Waals surface area contributed by atoms with E-state index < -0.39 is 0 Å².